The maximum atomic E-state index is 12.1. The number of allylic oxidation sites excluding steroid dienone is 2. The molecular formula is C120H159N9O19. The van der Waals surface area contributed by atoms with Gasteiger partial charge >= 0.3 is 11.9 Å². The zero-order chi connectivity index (χ0) is 108. The Kier molecular flexibility index (Phi) is 65.5. The molecule has 2 aliphatic carbocycles. The number of ether oxygens (including phenoxy) is 2. The Labute approximate surface area is 875 Å². The highest BCUT2D eigenvalue weighted by atomic mass is 17.2. The van der Waals surface area contributed by atoms with Crippen LogP contribution in [0.25, 0.3) is 12.2 Å². The van der Waals surface area contributed by atoms with E-state index in [0.717, 1.165) is 168 Å². The molecule has 12 rings (SSSR count). The van der Waals surface area contributed by atoms with E-state index < -0.39 is 5.91 Å². The second-order valence-electron chi connectivity index (χ2n) is 36.6. The number of hydrogen-bond acceptors (Lipinski definition) is 27. The average Bonchev–Trinajstić information content (AvgIpc) is 0.701. The van der Waals surface area contributed by atoms with E-state index in [2.05, 4.69) is 82.4 Å². The van der Waals surface area contributed by atoms with Crippen molar-refractivity contribution in [3.05, 3.63) is 366 Å². The first-order valence-electron chi connectivity index (χ1n) is 50.6. The predicted molar refractivity (Wildman–Crippen MR) is 584 cm³/mol. The fourth-order valence-electron chi connectivity index (χ4n) is 15.8. The molecule has 28 nitrogen and oxygen atoms in total. The van der Waals surface area contributed by atoms with Crippen molar-refractivity contribution in [2.75, 3.05) is 55.7 Å². The summed E-state index contributed by atoms with van der Waals surface area (Å²) in [6.07, 6.45) is 33.7. The van der Waals surface area contributed by atoms with Crippen LogP contribution >= 0.6 is 0 Å². The zero-order valence-electron chi connectivity index (χ0n) is 87.7. The van der Waals surface area contributed by atoms with Crippen molar-refractivity contribution in [1.82, 2.24) is 0 Å². The summed E-state index contributed by atoms with van der Waals surface area (Å²) < 4.78 is 9.31. The van der Waals surface area contributed by atoms with Gasteiger partial charge in [0.1, 0.15) is 50.6 Å². The van der Waals surface area contributed by atoms with Gasteiger partial charge in [-0.05, 0) is 298 Å². The number of ketones is 3. The molecule has 17 N–H and O–H groups in total. The molecule has 148 heavy (non-hydrogen) atoms. The van der Waals surface area contributed by atoms with Crippen molar-refractivity contribution in [3.8, 4) is 0 Å². The number of carbonyl (C=O) groups is 8. The van der Waals surface area contributed by atoms with Crippen LogP contribution in [0.1, 0.15) is 265 Å². The van der Waals surface area contributed by atoms with Gasteiger partial charge in [0, 0.05) is 60.4 Å². The number of hydrogen-bond donors (Lipinski definition) is 9. The van der Waals surface area contributed by atoms with Gasteiger partial charge in [0.15, 0.2) is 5.78 Å². The molecule has 1 amide bonds. The van der Waals surface area contributed by atoms with Crippen LogP contribution in [0.15, 0.2) is 255 Å². The number of methoxy groups -OCH3 is 2. The molecule has 2 saturated carbocycles. The molecule has 0 aromatic heterocycles. The van der Waals surface area contributed by atoms with Gasteiger partial charge in [-0.25, -0.2) is 54.6 Å². The van der Waals surface area contributed by atoms with Gasteiger partial charge in [-0.3, -0.25) is 28.8 Å². The molecule has 10 aromatic carbocycles. The lowest BCUT2D eigenvalue weighted by atomic mass is 9.78. The monoisotopic (exact) mass is 2030 g/mol. The van der Waals surface area contributed by atoms with E-state index in [-0.39, 0.29) is 35.3 Å². The van der Waals surface area contributed by atoms with Crippen LogP contribution in [0.3, 0.4) is 0 Å². The molecule has 2 aliphatic rings. The van der Waals surface area contributed by atoms with E-state index in [4.69, 9.17) is 71.0 Å². The molecule has 28 heteroatoms. The van der Waals surface area contributed by atoms with Crippen molar-refractivity contribution in [2.24, 2.45) is 69.7 Å². The Balaban J connectivity index is 0.000000306. The Morgan fingerprint density at radius 2 is 0.581 bits per heavy atom. The van der Waals surface area contributed by atoms with Gasteiger partial charge in [0.2, 0.25) is 5.91 Å². The van der Waals surface area contributed by atoms with Crippen LogP contribution in [-0.2, 0) is 152 Å². The molecule has 0 atom stereocenters. The topological polar surface area (TPSA) is 470 Å². The summed E-state index contributed by atoms with van der Waals surface area (Å²) in [6.45, 7) is 8.01. The number of benzene rings is 10. The first kappa shape index (κ1) is 126. The minimum Gasteiger partial charge on any atom is -0.465 e. The van der Waals surface area contributed by atoms with Gasteiger partial charge in [-0.1, -0.05) is 244 Å². The second kappa shape index (κ2) is 76.9. The van der Waals surface area contributed by atoms with Crippen molar-refractivity contribution in [1.29, 1.82) is 5.41 Å². The molecule has 2 fully saturated rings. The molecule has 0 spiro atoms. The molecule has 10 aromatic rings. The number of carbonyl (C=O) groups excluding carboxylic acids is 8. The normalized spacial score (nSPS) is 14.1. The third-order valence-electron chi connectivity index (χ3n) is 25.1. The number of nitrogens with one attached hydrogen (secondary N) is 1. The lowest BCUT2D eigenvalue weighted by Gasteiger charge is -2.29. The number of rotatable bonds is 51. The first-order chi connectivity index (χ1) is 71.7. The van der Waals surface area contributed by atoms with E-state index in [0.29, 0.717) is 99.2 Å². The van der Waals surface area contributed by atoms with E-state index >= 15 is 0 Å². The number of amides is 1. The summed E-state index contributed by atoms with van der Waals surface area (Å²) in [6, 6.07) is 76.8. The Bertz CT molecular complexity index is 5270. The maximum absolute atomic E-state index is 12.1. The van der Waals surface area contributed by atoms with E-state index in [1.807, 2.05) is 121 Å². The number of aryl methyl sites for hydroxylation is 6. The van der Waals surface area contributed by atoms with Crippen molar-refractivity contribution in [3.63, 3.8) is 0 Å². The van der Waals surface area contributed by atoms with Crippen LogP contribution < -0.4 is 46.0 Å². The van der Waals surface area contributed by atoms with Crippen LogP contribution in [0.2, 0.25) is 0 Å². The van der Waals surface area contributed by atoms with Crippen molar-refractivity contribution < 1.29 is 91.8 Å². The van der Waals surface area contributed by atoms with Gasteiger partial charge in [-0.2, -0.15) is 0 Å². The fraction of sp³-hybridized carbons (Fsp3) is 0.392. The summed E-state index contributed by atoms with van der Waals surface area (Å²) in [7, 11) is 8.55. The second-order valence-corrected chi connectivity index (χ2v) is 36.6. The van der Waals surface area contributed by atoms with E-state index in [1.165, 1.54) is 174 Å². The summed E-state index contributed by atoms with van der Waals surface area (Å²) in [4.78, 5) is 130. The summed E-state index contributed by atoms with van der Waals surface area (Å²) in [5, 5.41) is 8.10. The summed E-state index contributed by atoms with van der Waals surface area (Å²) in [5.74, 6) is 7.60. The Morgan fingerprint density at radius 3 is 0.872 bits per heavy atom. The molecule has 0 unspecified atom stereocenters. The van der Waals surface area contributed by atoms with Crippen LogP contribution in [0, 0.1) is 29.1 Å². The lowest BCUT2D eigenvalue weighted by Crippen LogP contribution is -2.26. The highest BCUT2D eigenvalue weighted by Gasteiger charge is 2.24. The van der Waals surface area contributed by atoms with Gasteiger partial charge < -0.3 is 59.8 Å². The average molecular weight is 2030 g/mol. The highest BCUT2D eigenvalue weighted by Crippen LogP contribution is 2.34. The minimum absolute atomic E-state index is 0.131. The fourth-order valence-corrected chi connectivity index (χ4v) is 15.8. The zero-order valence-corrected chi connectivity index (χ0v) is 87.7. The van der Waals surface area contributed by atoms with E-state index in [1.54, 1.807) is 84.9 Å². The molecule has 0 aliphatic heterocycles. The van der Waals surface area contributed by atoms with Crippen LogP contribution in [-0.4, -0.2) is 121 Å². The highest BCUT2D eigenvalue weighted by molar-refractivity contribution is 6.04. The molecular weight excluding hydrogens is 1870 g/mol. The number of esters is 2. The number of aldehydes is 2. The standard InChI is InChI=1S/C21H24O5.C21H20O5.C19H23N3O2.C19H39N3.C19H27N3.2C9H10O3.C3H6O/c2*1-24-21(23)19-11-7-17(8-12-19)10-14-20(22)13-9-16-3-5-18(6-4-16)15-26-25-2;20-18(11-7-14-1-3-16(4-2-14)13-24-22)12-8-15-5-9-17(10-6-15)19(21)23;2*20-13-17-5-1-15(2-6-17)9-11-19(22)12-10-16-3-7-18(14-21)8-4-16;2*1-11-12-7-9-4-2-8(6-10)3-5-9;1-3(2)4/h3-8,11-12H,9-10,13-15H2,1-2H3;3-14H,15H2,1-2H3;1-6,9-10,20H,7-8,11-13,22H2,(H2,21,23);15-19H,1-14,20-22H2;1-8,19H,9-14,20-22H2;2*2-6H,7H2,1H3;1-2H3/b;13-9+,14-10+;;;;;;. The van der Waals surface area contributed by atoms with Gasteiger partial charge in [0.25, 0.3) is 0 Å². The van der Waals surface area contributed by atoms with Crippen LogP contribution in [0.4, 0.5) is 0 Å². The smallest absolute Gasteiger partial charge is 0.337 e. The molecule has 0 heterocycles. The number of primary amides is 1. The summed E-state index contributed by atoms with van der Waals surface area (Å²) >= 11 is 0. The Morgan fingerprint density at radius 1 is 0.331 bits per heavy atom. The summed E-state index contributed by atoms with van der Waals surface area (Å²) in [5.41, 5.74) is 60.4. The molecule has 0 bridgehead atoms. The minimum atomic E-state index is -0.418. The quantitative estimate of drug-likeness (QED) is 0.00427. The van der Waals surface area contributed by atoms with Crippen molar-refractivity contribution in [2.45, 2.75) is 226 Å². The third-order valence-corrected chi connectivity index (χ3v) is 25.1. The molecule has 0 radical (unpaired) electrons. The molecule has 0 saturated heterocycles. The predicted octanol–water partition coefficient (Wildman–Crippen LogP) is 19.9. The lowest BCUT2D eigenvalue weighted by molar-refractivity contribution is -0.282. The first-order valence-corrected chi connectivity index (χ1v) is 50.6. The van der Waals surface area contributed by atoms with Gasteiger partial charge in [-0.15, -0.1) is 0 Å². The number of Topliss-reactive ketones (excluding diaryl/α,β-unsaturated/α-hetero) is 2. The van der Waals surface area contributed by atoms with Crippen LogP contribution in [0.5, 0.6) is 0 Å². The number of nitrogens with two attached hydrogens (primary N) is 8. The SMILES string of the molecule is CC(C)=O.COOCc1ccc(/C=C/C(=O)/C=C/c2ccc(C(=O)OC)cc2)cc1.COOCc1ccc(C=O)cc1.COOCc1ccc(C=O)cc1.COOCc1ccc(CCC(=O)CCc2ccc(C(=O)OC)cc2)cc1.N=C(CCc1ccc(CON)cc1)CCc1ccc(C(N)=O)cc1.NCC1CCC(CCC(N)CCC2CCC(CN)CC2)CC1.NCc1ccc(CCC(N)CCc2ccc(CN)cc2)cc1. The maximum Gasteiger partial charge on any atom is 0.337 e. The van der Waals surface area contributed by atoms with E-state index in [9.17, 15) is 38.4 Å². The Hall–Kier alpha value is -12.5. The third kappa shape index (κ3) is 56.0. The largest absolute Gasteiger partial charge is 0.465 e. The van der Waals surface area contributed by atoms with Gasteiger partial charge in [0.05, 0.1) is 60.4 Å². The van der Waals surface area contributed by atoms with Crippen molar-refractivity contribution >= 4 is 65.6 Å². The molecule has 798 valence electrons.